The van der Waals surface area contributed by atoms with Crippen molar-refractivity contribution in [3.05, 3.63) is 29.6 Å². The summed E-state index contributed by atoms with van der Waals surface area (Å²) in [4.78, 5) is 7.04. The maximum absolute atomic E-state index is 4.42. The number of aromatic nitrogens is 1. The summed E-state index contributed by atoms with van der Waals surface area (Å²) in [7, 11) is 0. The molecule has 2 nitrogen and oxygen atoms in total. The van der Waals surface area contributed by atoms with Crippen LogP contribution in [0.25, 0.3) is 0 Å². The second-order valence-electron chi connectivity index (χ2n) is 5.02. The molecule has 0 aromatic carbocycles. The number of pyridine rings is 1. The lowest BCUT2D eigenvalue weighted by Gasteiger charge is -2.39. The van der Waals surface area contributed by atoms with Crippen LogP contribution in [0, 0.1) is 6.92 Å². The Kier molecular flexibility index (Phi) is 3.59. The van der Waals surface area contributed by atoms with Crippen molar-refractivity contribution in [3.8, 4) is 0 Å². The third-order valence-electron chi connectivity index (χ3n) is 3.61. The zero-order chi connectivity index (χ0) is 11.5. The highest BCUT2D eigenvalue weighted by molar-refractivity contribution is 5.23. The number of hydrogen-bond acceptors (Lipinski definition) is 2. The van der Waals surface area contributed by atoms with Crippen molar-refractivity contribution in [3.63, 3.8) is 0 Å². The predicted molar refractivity (Wildman–Crippen MR) is 67.4 cm³/mol. The fourth-order valence-corrected chi connectivity index (χ4v) is 2.75. The fourth-order valence-electron chi connectivity index (χ4n) is 2.75. The first-order valence-electron chi connectivity index (χ1n) is 6.37. The molecular formula is C14H22N2. The van der Waals surface area contributed by atoms with Crippen molar-refractivity contribution in [2.24, 2.45) is 0 Å². The smallest absolute Gasteiger partial charge is 0.0420 e. The van der Waals surface area contributed by atoms with Crippen molar-refractivity contribution in [2.75, 3.05) is 6.54 Å². The highest BCUT2D eigenvalue weighted by atomic mass is 15.2. The summed E-state index contributed by atoms with van der Waals surface area (Å²) < 4.78 is 0. The molecule has 2 heterocycles. The lowest BCUT2D eigenvalue weighted by atomic mass is 9.93. The summed E-state index contributed by atoms with van der Waals surface area (Å²) in [6.45, 7) is 7.95. The monoisotopic (exact) mass is 218 g/mol. The lowest BCUT2D eigenvalue weighted by Crippen LogP contribution is -2.38. The molecule has 0 aliphatic carbocycles. The minimum atomic E-state index is 0.586. The SMILES string of the molecule is Cc1ncccc1C1CCCCN1C(C)C. The number of nitrogens with zero attached hydrogens (tertiary/aromatic N) is 2. The van der Waals surface area contributed by atoms with Crippen LogP contribution in [0.5, 0.6) is 0 Å². The molecule has 16 heavy (non-hydrogen) atoms. The Labute approximate surface area is 98.7 Å². The quantitative estimate of drug-likeness (QED) is 0.757. The molecule has 0 spiro atoms. The molecule has 1 aromatic rings. The Morgan fingerprint density at radius 1 is 1.38 bits per heavy atom. The first-order chi connectivity index (χ1) is 7.70. The van der Waals surface area contributed by atoms with Crippen molar-refractivity contribution < 1.29 is 0 Å². The number of rotatable bonds is 2. The predicted octanol–water partition coefficient (Wildman–Crippen LogP) is 3.33. The average Bonchev–Trinajstić information content (AvgIpc) is 2.29. The molecule has 0 bridgehead atoms. The highest BCUT2D eigenvalue weighted by Crippen LogP contribution is 2.33. The number of aryl methyl sites for hydroxylation is 1. The molecule has 0 radical (unpaired) electrons. The normalized spacial score (nSPS) is 22.6. The van der Waals surface area contributed by atoms with Crippen LogP contribution < -0.4 is 0 Å². The molecule has 2 heteroatoms. The summed E-state index contributed by atoms with van der Waals surface area (Å²) >= 11 is 0. The molecule has 1 atom stereocenters. The maximum atomic E-state index is 4.42. The summed E-state index contributed by atoms with van der Waals surface area (Å²) in [5.74, 6) is 0. The summed E-state index contributed by atoms with van der Waals surface area (Å²) in [6, 6.07) is 5.52. The van der Waals surface area contributed by atoms with E-state index >= 15 is 0 Å². The van der Waals surface area contributed by atoms with Crippen LogP contribution in [0.1, 0.15) is 50.4 Å². The molecule has 1 saturated heterocycles. The molecule has 1 unspecified atom stereocenters. The average molecular weight is 218 g/mol. The van der Waals surface area contributed by atoms with Gasteiger partial charge in [0.05, 0.1) is 0 Å². The van der Waals surface area contributed by atoms with Crippen LogP contribution in [0.4, 0.5) is 0 Å². The minimum absolute atomic E-state index is 0.586. The van der Waals surface area contributed by atoms with Gasteiger partial charge in [0, 0.05) is 24.0 Å². The molecule has 0 amide bonds. The van der Waals surface area contributed by atoms with Gasteiger partial charge in [0.15, 0.2) is 0 Å². The van der Waals surface area contributed by atoms with E-state index in [0.717, 1.165) is 0 Å². The van der Waals surface area contributed by atoms with Gasteiger partial charge in [0.2, 0.25) is 0 Å². The standard InChI is InChI=1S/C14H22N2/c1-11(2)16-10-5-4-8-14(16)13-7-6-9-15-12(13)3/h6-7,9,11,14H,4-5,8,10H2,1-3H3. The van der Waals surface area contributed by atoms with E-state index in [0.29, 0.717) is 12.1 Å². The highest BCUT2D eigenvalue weighted by Gasteiger charge is 2.26. The van der Waals surface area contributed by atoms with Crippen LogP contribution in [-0.4, -0.2) is 22.5 Å². The van der Waals surface area contributed by atoms with Gasteiger partial charge in [-0.1, -0.05) is 12.5 Å². The Morgan fingerprint density at radius 3 is 2.88 bits per heavy atom. The maximum Gasteiger partial charge on any atom is 0.0420 e. The van der Waals surface area contributed by atoms with Crippen molar-refractivity contribution in [1.82, 2.24) is 9.88 Å². The van der Waals surface area contributed by atoms with Crippen molar-refractivity contribution in [1.29, 1.82) is 0 Å². The van der Waals surface area contributed by atoms with Gasteiger partial charge in [-0.2, -0.15) is 0 Å². The number of hydrogen-bond donors (Lipinski definition) is 0. The van der Waals surface area contributed by atoms with E-state index in [1.54, 1.807) is 0 Å². The molecule has 1 aliphatic rings. The molecule has 1 aliphatic heterocycles. The van der Waals surface area contributed by atoms with Crippen molar-refractivity contribution in [2.45, 2.75) is 52.1 Å². The first-order valence-corrected chi connectivity index (χ1v) is 6.37. The van der Waals surface area contributed by atoms with Gasteiger partial charge in [-0.15, -0.1) is 0 Å². The molecule has 1 fully saturated rings. The number of piperidine rings is 1. The van der Waals surface area contributed by atoms with Crippen LogP contribution in [0.3, 0.4) is 0 Å². The van der Waals surface area contributed by atoms with Gasteiger partial charge < -0.3 is 0 Å². The van der Waals surface area contributed by atoms with Gasteiger partial charge in [-0.05, 0) is 51.8 Å². The number of likely N-dealkylation sites (tertiary alicyclic amines) is 1. The van der Waals surface area contributed by atoms with Crippen LogP contribution in [0.2, 0.25) is 0 Å². The summed E-state index contributed by atoms with van der Waals surface area (Å²) in [5.41, 5.74) is 2.62. The van der Waals surface area contributed by atoms with E-state index in [1.165, 1.54) is 37.1 Å². The van der Waals surface area contributed by atoms with Gasteiger partial charge in [0.25, 0.3) is 0 Å². The lowest BCUT2D eigenvalue weighted by molar-refractivity contribution is 0.111. The van der Waals surface area contributed by atoms with Crippen LogP contribution in [0.15, 0.2) is 18.3 Å². The van der Waals surface area contributed by atoms with Crippen molar-refractivity contribution >= 4 is 0 Å². The second kappa shape index (κ2) is 4.96. The Morgan fingerprint density at radius 2 is 2.19 bits per heavy atom. The molecular weight excluding hydrogens is 196 g/mol. The minimum Gasteiger partial charge on any atom is -0.294 e. The third-order valence-corrected chi connectivity index (χ3v) is 3.61. The molecule has 0 N–H and O–H groups in total. The largest absolute Gasteiger partial charge is 0.294 e. The van der Waals surface area contributed by atoms with E-state index in [4.69, 9.17) is 0 Å². The fraction of sp³-hybridized carbons (Fsp3) is 0.643. The molecule has 88 valence electrons. The second-order valence-corrected chi connectivity index (χ2v) is 5.02. The summed E-state index contributed by atoms with van der Waals surface area (Å²) in [5, 5.41) is 0. The molecule has 2 rings (SSSR count). The first kappa shape index (κ1) is 11.6. The third kappa shape index (κ3) is 2.27. The zero-order valence-corrected chi connectivity index (χ0v) is 10.6. The van der Waals surface area contributed by atoms with E-state index in [9.17, 15) is 0 Å². The Hall–Kier alpha value is -0.890. The van der Waals surface area contributed by atoms with Gasteiger partial charge in [0.1, 0.15) is 0 Å². The van der Waals surface area contributed by atoms with Crippen LogP contribution in [-0.2, 0) is 0 Å². The van der Waals surface area contributed by atoms with Gasteiger partial charge in [-0.25, -0.2) is 0 Å². The molecule has 1 aromatic heterocycles. The van der Waals surface area contributed by atoms with E-state index < -0.39 is 0 Å². The zero-order valence-electron chi connectivity index (χ0n) is 10.6. The Balaban J connectivity index is 2.27. The Bertz CT molecular complexity index is 346. The van der Waals surface area contributed by atoms with Crippen LogP contribution >= 0.6 is 0 Å². The van der Waals surface area contributed by atoms with E-state index in [2.05, 4.69) is 42.8 Å². The van der Waals surface area contributed by atoms with E-state index in [1.807, 2.05) is 6.20 Å². The summed E-state index contributed by atoms with van der Waals surface area (Å²) in [6.07, 6.45) is 5.86. The van der Waals surface area contributed by atoms with E-state index in [-0.39, 0.29) is 0 Å². The molecule has 0 saturated carbocycles. The topological polar surface area (TPSA) is 16.1 Å². The van der Waals surface area contributed by atoms with Gasteiger partial charge >= 0.3 is 0 Å². The van der Waals surface area contributed by atoms with Gasteiger partial charge in [-0.3, -0.25) is 9.88 Å².